The molecule has 1 atom stereocenters. The van der Waals surface area contributed by atoms with Gasteiger partial charge >= 0.3 is 5.97 Å². The van der Waals surface area contributed by atoms with E-state index in [4.69, 9.17) is 5.11 Å². The molecule has 2 rings (SSSR count). The number of aromatic nitrogens is 1. The van der Waals surface area contributed by atoms with Gasteiger partial charge in [-0.05, 0) is 42.4 Å². The molecule has 0 aliphatic heterocycles. The Morgan fingerprint density at radius 1 is 1.50 bits per heavy atom. The summed E-state index contributed by atoms with van der Waals surface area (Å²) in [6.07, 6.45) is 4.12. The van der Waals surface area contributed by atoms with Gasteiger partial charge in [-0.2, -0.15) is 0 Å². The Hall–Kier alpha value is -1.38. The molecule has 0 spiro atoms. The van der Waals surface area contributed by atoms with Crippen LogP contribution in [0.2, 0.25) is 0 Å². The molecule has 0 saturated carbocycles. The standard InChI is InChI=1S/C13H17NO2/c1-8(2)3-12-6-9-4-10(13(15)16)5-11(9)7-14-12/h6-8,10H,3-5H2,1-2H3,(H,15,16). The van der Waals surface area contributed by atoms with E-state index in [1.54, 1.807) is 0 Å². The summed E-state index contributed by atoms with van der Waals surface area (Å²) in [5.74, 6) is -0.352. The van der Waals surface area contributed by atoms with Crippen LogP contribution in [0.1, 0.15) is 30.7 Å². The van der Waals surface area contributed by atoms with Gasteiger partial charge in [0.25, 0.3) is 0 Å². The third-order valence-corrected chi connectivity index (χ3v) is 3.04. The number of carboxylic acid groups (broad SMARTS) is 1. The van der Waals surface area contributed by atoms with Gasteiger partial charge in [-0.1, -0.05) is 13.8 Å². The van der Waals surface area contributed by atoms with Gasteiger partial charge in [-0.3, -0.25) is 9.78 Å². The first kappa shape index (κ1) is 11.1. The second kappa shape index (κ2) is 4.24. The van der Waals surface area contributed by atoms with E-state index in [1.165, 1.54) is 5.56 Å². The Kier molecular flexibility index (Phi) is 2.95. The predicted octanol–water partition coefficient (Wildman–Crippen LogP) is 2.08. The molecule has 0 saturated heterocycles. The number of fused-ring (bicyclic) bond motifs is 1. The van der Waals surface area contributed by atoms with Crippen LogP contribution in [0.3, 0.4) is 0 Å². The van der Waals surface area contributed by atoms with Gasteiger partial charge in [0.05, 0.1) is 5.92 Å². The normalized spacial score (nSPS) is 18.8. The molecular weight excluding hydrogens is 202 g/mol. The molecule has 1 unspecified atom stereocenters. The molecule has 0 aromatic carbocycles. The van der Waals surface area contributed by atoms with Crippen LogP contribution in [0.5, 0.6) is 0 Å². The second-order valence-electron chi connectivity index (χ2n) is 4.99. The summed E-state index contributed by atoms with van der Waals surface area (Å²) in [7, 11) is 0. The minimum absolute atomic E-state index is 0.244. The third kappa shape index (κ3) is 2.23. The summed E-state index contributed by atoms with van der Waals surface area (Å²) in [4.78, 5) is 15.3. The Balaban J connectivity index is 2.17. The highest BCUT2D eigenvalue weighted by Gasteiger charge is 2.27. The van der Waals surface area contributed by atoms with Gasteiger partial charge in [0.15, 0.2) is 0 Å². The van der Waals surface area contributed by atoms with Crippen LogP contribution in [0.25, 0.3) is 0 Å². The molecule has 0 bridgehead atoms. The van der Waals surface area contributed by atoms with Gasteiger partial charge in [-0.25, -0.2) is 0 Å². The minimum Gasteiger partial charge on any atom is -0.481 e. The zero-order valence-corrected chi connectivity index (χ0v) is 9.73. The largest absolute Gasteiger partial charge is 0.481 e. The van der Waals surface area contributed by atoms with Gasteiger partial charge in [-0.15, -0.1) is 0 Å². The van der Waals surface area contributed by atoms with E-state index < -0.39 is 5.97 Å². The predicted molar refractivity (Wildman–Crippen MR) is 61.3 cm³/mol. The molecule has 1 aromatic rings. The number of carbonyl (C=O) groups is 1. The van der Waals surface area contributed by atoms with Crippen molar-refractivity contribution in [2.24, 2.45) is 11.8 Å². The van der Waals surface area contributed by atoms with E-state index in [-0.39, 0.29) is 5.92 Å². The van der Waals surface area contributed by atoms with Gasteiger partial charge in [0.1, 0.15) is 0 Å². The lowest BCUT2D eigenvalue weighted by molar-refractivity contribution is -0.141. The lowest BCUT2D eigenvalue weighted by Gasteiger charge is -2.05. The van der Waals surface area contributed by atoms with Crippen molar-refractivity contribution in [1.29, 1.82) is 0 Å². The molecule has 1 N–H and O–H groups in total. The van der Waals surface area contributed by atoms with E-state index in [2.05, 4.69) is 24.9 Å². The summed E-state index contributed by atoms with van der Waals surface area (Å²) in [5, 5.41) is 8.98. The molecule has 1 heterocycles. The highest BCUT2D eigenvalue weighted by Crippen LogP contribution is 2.27. The molecule has 0 fully saturated rings. The van der Waals surface area contributed by atoms with Crippen molar-refractivity contribution in [2.75, 3.05) is 0 Å². The van der Waals surface area contributed by atoms with Crippen molar-refractivity contribution in [1.82, 2.24) is 4.98 Å². The third-order valence-electron chi connectivity index (χ3n) is 3.04. The van der Waals surface area contributed by atoms with Crippen molar-refractivity contribution < 1.29 is 9.90 Å². The lowest BCUT2D eigenvalue weighted by atomic mass is 10.0. The number of rotatable bonds is 3. The van der Waals surface area contributed by atoms with Gasteiger partial charge in [0.2, 0.25) is 0 Å². The maximum atomic E-state index is 10.9. The van der Waals surface area contributed by atoms with E-state index in [1.807, 2.05) is 6.20 Å². The summed E-state index contributed by atoms with van der Waals surface area (Å²) < 4.78 is 0. The first-order chi connectivity index (χ1) is 7.56. The van der Waals surface area contributed by atoms with Crippen molar-refractivity contribution in [3.05, 3.63) is 29.1 Å². The van der Waals surface area contributed by atoms with Crippen LogP contribution in [0.15, 0.2) is 12.3 Å². The molecular formula is C13H17NO2. The summed E-state index contributed by atoms with van der Waals surface area (Å²) >= 11 is 0. The van der Waals surface area contributed by atoms with E-state index in [0.29, 0.717) is 18.8 Å². The molecule has 1 aliphatic rings. The van der Waals surface area contributed by atoms with Crippen LogP contribution >= 0.6 is 0 Å². The zero-order valence-electron chi connectivity index (χ0n) is 9.73. The fraction of sp³-hybridized carbons (Fsp3) is 0.538. The Morgan fingerprint density at radius 2 is 2.19 bits per heavy atom. The average Bonchev–Trinajstić information content (AvgIpc) is 2.59. The van der Waals surface area contributed by atoms with Crippen LogP contribution < -0.4 is 0 Å². The monoisotopic (exact) mass is 219 g/mol. The van der Waals surface area contributed by atoms with Crippen LogP contribution in [0.4, 0.5) is 0 Å². The van der Waals surface area contributed by atoms with E-state index >= 15 is 0 Å². The number of hydrogen-bond acceptors (Lipinski definition) is 2. The highest BCUT2D eigenvalue weighted by molar-refractivity contribution is 5.72. The summed E-state index contributed by atoms with van der Waals surface area (Å²) in [5.41, 5.74) is 3.37. The average molecular weight is 219 g/mol. The van der Waals surface area contributed by atoms with E-state index in [0.717, 1.165) is 17.7 Å². The van der Waals surface area contributed by atoms with E-state index in [9.17, 15) is 4.79 Å². The second-order valence-corrected chi connectivity index (χ2v) is 4.99. The first-order valence-corrected chi connectivity index (χ1v) is 5.75. The number of hydrogen-bond donors (Lipinski definition) is 1. The molecule has 86 valence electrons. The summed E-state index contributed by atoms with van der Waals surface area (Å²) in [6, 6.07) is 2.08. The number of carboxylic acids is 1. The smallest absolute Gasteiger partial charge is 0.307 e. The SMILES string of the molecule is CC(C)Cc1cc2c(cn1)CC(C(=O)O)C2. The van der Waals surface area contributed by atoms with Crippen molar-refractivity contribution in [3.8, 4) is 0 Å². The zero-order chi connectivity index (χ0) is 11.7. The minimum atomic E-state index is -0.693. The van der Waals surface area contributed by atoms with Crippen LogP contribution in [-0.4, -0.2) is 16.1 Å². The number of nitrogens with zero attached hydrogens (tertiary/aromatic N) is 1. The van der Waals surface area contributed by atoms with Gasteiger partial charge < -0.3 is 5.11 Å². The molecule has 3 heteroatoms. The van der Waals surface area contributed by atoms with Gasteiger partial charge in [0, 0.05) is 11.9 Å². The molecule has 3 nitrogen and oxygen atoms in total. The van der Waals surface area contributed by atoms with Crippen molar-refractivity contribution in [3.63, 3.8) is 0 Å². The molecule has 0 radical (unpaired) electrons. The fourth-order valence-corrected chi connectivity index (χ4v) is 2.26. The van der Waals surface area contributed by atoms with Crippen LogP contribution in [0, 0.1) is 11.8 Å². The lowest BCUT2D eigenvalue weighted by Crippen LogP contribution is -2.12. The fourth-order valence-electron chi connectivity index (χ4n) is 2.26. The maximum absolute atomic E-state index is 10.9. The Labute approximate surface area is 95.5 Å². The Bertz CT molecular complexity index is 412. The molecule has 0 amide bonds. The molecule has 1 aromatic heterocycles. The molecule has 1 aliphatic carbocycles. The Morgan fingerprint density at radius 3 is 2.81 bits per heavy atom. The quantitative estimate of drug-likeness (QED) is 0.846. The highest BCUT2D eigenvalue weighted by atomic mass is 16.4. The van der Waals surface area contributed by atoms with Crippen molar-refractivity contribution in [2.45, 2.75) is 33.1 Å². The van der Waals surface area contributed by atoms with Crippen LogP contribution in [-0.2, 0) is 24.1 Å². The summed E-state index contributed by atoms with van der Waals surface area (Å²) in [6.45, 7) is 4.32. The maximum Gasteiger partial charge on any atom is 0.307 e. The first-order valence-electron chi connectivity index (χ1n) is 5.75. The topological polar surface area (TPSA) is 50.2 Å². The number of aliphatic carboxylic acids is 1. The number of pyridine rings is 1. The molecule has 16 heavy (non-hydrogen) atoms. The van der Waals surface area contributed by atoms with Crippen molar-refractivity contribution >= 4 is 5.97 Å².